The summed E-state index contributed by atoms with van der Waals surface area (Å²) < 4.78 is 34.8. The van der Waals surface area contributed by atoms with Gasteiger partial charge in [0.1, 0.15) is 18.3 Å². The number of aryl methyl sites for hydroxylation is 2. The van der Waals surface area contributed by atoms with Crippen LogP contribution in [0, 0.1) is 13.8 Å². The molecular weight excluding hydrogens is 597 g/mol. The van der Waals surface area contributed by atoms with Gasteiger partial charge in [-0.15, -0.1) is 0 Å². The normalized spacial score (nSPS) is 12.8. The molecule has 11 heteroatoms. The molecule has 0 aromatic heterocycles. The Morgan fingerprint density at radius 1 is 0.952 bits per heavy atom. The van der Waals surface area contributed by atoms with Crippen LogP contribution in [0.15, 0.2) is 65.6 Å². The van der Waals surface area contributed by atoms with Gasteiger partial charge in [0.15, 0.2) is 0 Å². The van der Waals surface area contributed by atoms with Crippen LogP contribution in [0.4, 0.5) is 5.69 Å². The molecule has 0 aliphatic rings. The van der Waals surface area contributed by atoms with Crippen LogP contribution in [0.5, 0.6) is 5.75 Å². The number of nitrogens with zero attached hydrogens (tertiary/aromatic N) is 2. The third-order valence-corrected chi connectivity index (χ3v) is 9.38. The first-order chi connectivity index (χ1) is 19.8. The zero-order chi connectivity index (χ0) is 31.2. The summed E-state index contributed by atoms with van der Waals surface area (Å²) in [6.07, 6.45) is 0.700. The van der Waals surface area contributed by atoms with Crippen molar-refractivity contribution in [1.29, 1.82) is 0 Å². The van der Waals surface area contributed by atoms with E-state index in [1.54, 1.807) is 55.5 Å². The molecule has 3 aromatic carbocycles. The number of amides is 2. The number of carbonyl (C=O) groups is 2. The van der Waals surface area contributed by atoms with Gasteiger partial charge >= 0.3 is 0 Å². The molecule has 0 saturated heterocycles. The van der Waals surface area contributed by atoms with Crippen molar-refractivity contribution in [2.75, 3.05) is 18.0 Å². The zero-order valence-corrected chi connectivity index (χ0v) is 27.0. The molecule has 3 aromatic rings. The molecule has 0 heterocycles. The summed E-state index contributed by atoms with van der Waals surface area (Å²) in [5.41, 5.74) is 2.41. The van der Waals surface area contributed by atoms with Crippen LogP contribution in [-0.2, 0) is 26.2 Å². The van der Waals surface area contributed by atoms with E-state index in [1.807, 2.05) is 27.7 Å². The number of hydrogen-bond acceptors (Lipinski definition) is 5. The predicted octanol–water partition coefficient (Wildman–Crippen LogP) is 6.15. The molecule has 0 fully saturated rings. The highest BCUT2D eigenvalue weighted by atomic mass is 35.5. The third-order valence-electron chi connectivity index (χ3n) is 7.02. The molecular formula is C31H37Cl2N3O5S. The number of anilines is 1. The second-order valence-corrected chi connectivity index (χ2v) is 13.0. The lowest BCUT2D eigenvalue weighted by molar-refractivity contribution is -0.139. The zero-order valence-electron chi connectivity index (χ0n) is 24.6. The summed E-state index contributed by atoms with van der Waals surface area (Å²) in [4.78, 5) is 28.7. The van der Waals surface area contributed by atoms with E-state index >= 15 is 0 Å². The van der Waals surface area contributed by atoms with Crippen molar-refractivity contribution >= 4 is 50.7 Å². The van der Waals surface area contributed by atoms with Gasteiger partial charge < -0.3 is 15.0 Å². The second-order valence-electron chi connectivity index (χ2n) is 10.3. The third kappa shape index (κ3) is 7.96. The first-order valence-corrected chi connectivity index (χ1v) is 15.8. The van der Waals surface area contributed by atoms with Gasteiger partial charge in [-0.05, 0) is 81.6 Å². The fourth-order valence-corrected chi connectivity index (χ4v) is 6.11. The number of hydrogen-bond donors (Lipinski definition) is 1. The SMILES string of the molecule is CC[C@@H](C)NC(=O)[C@H](C)N(Cc1ccc(Cl)cc1Cl)C(=O)CN(c1cc(C)ccc1OC)S(=O)(=O)c1ccc(C)cc1. The smallest absolute Gasteiger partial charge is 0.264 e. The largest absolute Gasteiger partial charge is 0.495 e. The molecule has 226 valence electrons. The summed E-state index contributed by atoms with van der Waals surface area (Å²) in [5.74, 6) is -0.699. The second kappa shape index (κ2) is 14.3. The maximum absolute atomic E-state index is 14.2. The lowest BCUT2D eigenvalue weighted by atomic mass is 10.1. The highest BCUT2D eigenvalue weighted by Crippen LogP contribution is 2.34. The number of benzene rings is 3. The first kappa shape index (κ1) is 33.2. The molecule has 0 aliphatic heterocycles. The van der Waals surface area contributed by atoms with E-state index in [2.05, 4.69) is 5.32 Å². The van der Waals surface area contributed by atoms with Crippen LogP contribution in [0.2, 0.25) is 10.0 Å². The number of halogens is 2. The quantitative estimate of drug-likeness (QED) is 0.258. The van der Waals surface area contributed by atoms with Gasteiger partial charge in [0.25, 0.3) is 10.0 Å². The van der Waals surface area contributed by atoms with Crippen molar-refractivity contribution in [3.8, 4) is 5.75 Å². The van der Waals surface area contributed by atoms with Gasteiger partial charge in [-0.2, -0.15) is 0 Å². The Hall–Kier alpha value is -3.27. The summed E-state index contributed by atoms with van der Waals surface area (Å²) in [6.45, 7) is 8.44. The number of methoxy groups -OCH3 is 1. The summed E-state index contributed by atoms with van der Waals surface area (Å²) >= 11 is 12.5. The highest BCUT2D eigenvalue weighted by Gasteiger charge is 2.34. The maximum Gasteiger partial charge on any atom is 0.264 e. The van der Waals surface area contributed by atoms with E-state index in [0.29, 0.717) is 22.0 Å². The van der Waals surface area contributed by atoms with E-state index < -0.39 is 28.5 Å². The highest BCUT2D eigenvalue weighted by molar-refractivity contribution is 7.92. The minimum absolute atomic E-state index is 0.0133. The molecule has 2 amide bonds. The Labute approximate surface area is 258 Å². The molecule has 8 nitrogen and oxygen atoms in total. The Bertz CT molecular complexity index is 1530. The molecule has 3 rings (SSSR count). The van der Waals surface area contributed by atoms with Crippen LogP contribution in [0.25, 0.3) is 0 Å². The topological polar surface area (TPSA) is 96.0 Å². The molecule has 0 bridgehead atoms. The Morgan fingerprint density at radius 2 is 1.60 bits per heavy atom. The monoisotopic (exact) mass is 633 g/mol. The van der Waals surface area contributed by atoms with Crippen molar-refractivity contribution in [3.63, 3.8) is 0 Å². The summed E-state index contributed by atoms with van der Waals surface area (Å²) in [6, 6.07) is 15.3. The fraction of sp³-hybridized carbons (Fsp3) is 0.355. The molecule has 0 radical (unpaired) electrons. The van der Waals surface area contributed by atoms with Gasteiger partial charge in [0.05, 0.1) is 17.7 Å². The van der Waals surface area contributed by atoms with Gasteiger partial charge in [-0.25, -0.2) is 8.42 Å². The van der Waals surface area contributed by atoms with E-state index in [9.17, 15) is 18.0 Å². The number of sulfonamides is 1. The van der Waals surface area contributed by atoms with Crippen molar-refractivity contribution in [3.05, 3.63) is 87.4 Å². The summed E-state index contributed by atoms with van der Waals surface area (Å²) in [7, 11) is -2.81. The first-order valence-electron chi connectivity index (χ1n) is 13.6. The average molecular weight is 635 g/mol. The van der Waals surface area contributed by atoms with E-state index in [1.165, 1.54) is 24.1 Å². The van der Waals surface area contributed by atoms with Crippen LogP contribution in [0.3, 0.4) is 0 Å². The van der Waals surface area contributed by atoms with Crippen molar-refractivity contribution < 1.29 is 22.7 Å². The number of ether oxygens (including phenoxy) is 1. The van der Waals surface area contributed by atoms with Crippen LogP contribution >= 0.6 is 23.2 Å². The molecule has 0 aliphatic carbocycles. The minimum atomic E-state index is -4.24. The lowest BCUT2D eigenvalue weighted by Gasteiger charge is -2.33. The van der Waals surface area contributed by atoms with Gasteiger partial charge in [0.2, 0.25) is 11.8 Å². The number of nitrogens with one attached hydrogen (secondary N) is 1. The molecule has 0 unspecified atom stereocenters. The van der Waals surface area contributed by atoms with E-state index in [4.69, 9.17) is 27.9 Å². The van der Waals surface area contributed by atoms with Gasteiger partial charge in [-0.3, -0.25) is 13.9 Å². The van der Waals surface area contributed by atoms with E-state index in [0.717, 1.165) is 15.4 Å². The lowest BCUT2D eigenvalue weighted by Crippen LogP contribution is -2.52. The Balaban J connectivity index is 2.12. The Morgan fingerprint density at radius 3 is 2.19 bits per heavy atom. The molecule has 2 atom stereocenters. The molecule has 1 N–H and O–H groups in total. The molecule has 42 heavy (non-hydrogen) atoms. The van der Waals surface area contributed by atoms with Gasteiger partial charge in [0, 0.05) is 22.6 Å². The summed E-state index contributed by atoms with van der Waals surface area (Å²) in [5, 5.41) is 3.65. The number of carbonyl (C=O) groups excluding carboxylic acids is 2. The minimum Gasteiger partial charge on any atom is -0.495 e. The maximum atomic E-state index is 14.2. The van der Waals surface area contributed by atoms with Crippen molar-refractivity contribution in [2.24, 2.45) is 0 Å². The number of rotatable bonds is 12. The van der Waals surface area contributed by atoms with E-state index in [-0.39, 0.29) is 34.8 Å². The standard InChI is InChI=1S/C31H37Cl2N3O5S/c1-7-22(4)34-31(38)23(5)35(18-24-11-12-25(32)17-27(24)33)30(37)19-36(28-16-21(3)10-15-29(28)41-6)42(39,40)26-13-8-20(2)9-14-26/h8-17,22-23H,7,18-19H2,1-6H3,(H,34,38)/t22-,23+/m1/s1. The van der Waals surface area contributed by atoms with Gasteiger partial charge in [-0.1, -0.05) is 60.0 Å². The molecule has 0 saturated carbocycles. The predicted molar refractivity (Wildman–Crippen MR) is 168 cm³/mol. The van der Waals surface area contributed by atoms with Crippen molar-refractivity contribution in [1.82, 2.24) is 10.2 Å². The van der Waals surface area contributed by atoms with Crippen LogP contribution < -0.4 is 14.4 Å². The van der Waals surface area contributed by atoms with Crippen LogP contribution in [-0.4, -0.2) is 50.9 Å². The molecule has 0 spiro atoms. The fourth-order valence-electron chi connectivity index (χ4n) is 4.23. The van der Waals surface area contributed by atoms with Crippen LogP contribution in [0.1, 0.15) is 43.9 Å². The van der Waals surface area contributed by atoms with Crippen molar-refractivity contribution in [2.45, 2.75) is 64.6 Å². The Kier molecular flexibility index (Phi) is 11.3. The average Bonchev–Trinajstić information content (AvgIpc) is 2.95.